The fourth-order valence-corrected chi connectivity index (χ4v) is 1.91. The molecule has 1 atom stereocenters. The van der Waals surface area contributed by atoms with Gasteiger partial charge in [-0.25, -0.2) is 0 Å². The van der Waals surface area contributed by atoms with Crippen LogP contribution < -0.4 is 11.1 Å². The molecule has 1 heterocycles. The first-order chi connectivity index (χ1) is 8.24. The molecular weight excluding hydrogens is 220 g/mol. The normalized spacial score (nSPS) is 18.9. The molecule has 0 aromatic carbocycles. The molecule has 0 spiro atoms. The molecule has 0 radical (unpaired) electrons. The van der Waals surface area contributed by atoms with Crippen molar-refractivity contribution in [2.24, 2.45) is 11.7 Å². The predicted octanol–water partition coefficient (Wildman–Crippen LogP) is 0.283. The monoisotopic (exact) mass is 244 g/mol. The summed E-state index contributed by atoms with van der Waals surface area (Å²) in [6.07, 6.45) is 3.55. The van der Waals surface area contributed by atoms with E-state index in [2.05, 4.69) is 5.32 Å². The maximum Gasteiger partial charge on any atom is 0.236 e. The van der Waals surface area contributed by atoms with E-state index in [4.69, 9.17) is 15.2 Å². The SMILES string of the molecule is COCCCC(N)C(=O)NCC1CCOCC1. The van der Waals surface area contributed by atoms with Crippen LogP contribution in [0.5, 0.6) is 0 Å². The van der Waals surface area contributed by atoms with E-state index in [1.165, 1.54) is 0 Å². The first kappa shape index (κ1) is 14.4. The van der Waals surface area contributed by atoms with Gasteiger partial charge in [-0.15, -0.1) is 0 Å². The van der Waals surface area contributed by atoms with Crippen molar-refractivity contribution in [3.63, 3.8) is 0 Å². The van der Waals surface area contributed by atoms with Gasteiger partial charge in [-0.3, -0.25) is 4.79 Å². The molecule has 0 bridgehead atoms. The second kappa shape index (κ2) is 8.44. The number of nitrogens with one attached hydrogen (secondary N) is 1. The van der Waals surface area contributed by atoms with E-state index in [0.717, 1.165) is 39.0 Å². The van der Waals surface area contributed by atoms with Crippen molar-refractivity contribution in [2.45, 2.75) is 31.7 Å². The highest BCUT2D eigenvalue weighted by atomic mass is 16.5. The Morgan fingerprint density at radius 2 is 2.24 bits per heavy atom. The molecular formula is C12H24N2O3. The van der Waals surface area contributed by atoms with Gasteiger partial charge in [0, 0.05) is 33.5 Å². The Labute approximate surface area is 103 Å². The molecule has 0 saturated carbocycles. The number of nitrogens with two attached hydrogens (primary N) is 1. The summed E-state index contributed by atoms with van der Waals surface area (Å²) < 4.78 is 10.2. The van der Waals surface area contributed by atoms with Crippen LogP contribution in [0.15, 0.2) is 0 Å². The lowest BCUT2D eigenvalue weighted by Gasteiger charge is -2.23. The van der Waals surface area contributed by atoms with Crippen molar-refractivity contribution in [1.29, 1.82) is 0 Å². The molecule has 100 valence electrons. The molecule has 0 aromatic heterocycles. The minimum absolute atomic E-state index is 0.0485. The van der Waals surface area contributed by atoms with Crippen molar-refractivity contribution in [2.75, 3.05) is 33.5 Å². The van der Waals surface area contributed by atoms with Crippen molar-refractivity contribution in [1.82, 2.24) is 5.32 Å². The van der Waals surface area contributed by atoms with E-state index in [-0.39, 0.29) is 5.91 Å². The first-order valence-corrected chi connectivity index (χ1v) is 6.34. The van der Waals surface area contributed by atoms with Gasteiger partial charge < -0.3 is 20.5 Å². The van der Waals surface area contributed by atoms with Gasteiger partial charge >= 0.3 is 0 Å². The summed E-state index contributed by atoms with van der Waals surface area (Å²) in [5.74, 6) is 0.492. The van der Waals surface area contributed by atoms with Gasteiger partial charge in [0.25, 0.3) is 0 Å². The molecule has 0 aromatic rings. The Balaban J connectivity index is 2.10. The highest BCUT2D eigenvalue weighted by Gasteiger charge is 2.17. The topological polar surface area (TPSA) is 73.6 Å². The summed E-state index contributed by atoms with van der Waals surface area (Å²) in [7, 11) is 1.65. The smallest absolute Gasteiger partial charge is 0.236 e. The van der Waals surface area contributed by atoms with Crippen LogP contribution in [0.3, 0.4) is 0 Å². The van der Waals surface area contributed by atoms with E-state index < -0.39 is 6.04 Å². The van der Waals surface area contributed by atoms with Crippen LogP contribution in [-0.4, -0.2) is 45.4 Å². The molecule has 1 aliphatic heterocycles. The summed E-state index contributed by atoms with van der Waals surface area (Å²) >= 11 is 0. The third-order valence-corrected chi connectivity index (χ3v) is 3.11. The average Bonchev–Trinajstić information content (AvgIpc) is 2.37. The van der Waals surface area contributed by atoms with Crippen molar-refractivity contribution in [3.05, 3.63) is 0 Å². The van der Waals surface area contributed by atoms with Crippen LogP contribution in [0.2, 0.25) is 0 Å². The van der Waals surface area contributed by atoms with Gasteiger partial charge in [-0.1, -0.05) is 0 Å². The summed E-state index contributed by atoms with van der Waals surface area (Å²) in [4.78, 5) is 11.7. The second-order valence-corrected chi connectivity index (χ2v) is 4.54. The molecule has 1 rings (SSSR count). The summed E-state index contributed by atoms with van der Waals surface area (Å²) in [5.41, 5.74) is 5.78. The second-order valence-electron chi connectivity index (χ2n) is 4.54. The Hall–Kier alpha value is -0.650. The van der Waals surface area contributed by atoms with E-state index in [0.29, 0.717) is 18.9 Å². The van der Waals surface area contributed by atoms with E-state index >= 15 is 0 Å². The zero-order valence-electron chi connectivity index (χ0n) is 10.6. The lowest BCUT2D eigenvalue weighted by atomic mass is 10.0. The van der Waals surface area contributed by atoms with Gasteiger partial charge in [-0.2, -0.15) is 0 Å². The number of rotatable bonds is 7. The summed E-state index contributed by atoms with van der Waals surface area (Å²) in [5, 5.41) is 2.92. The van der Waals surface area contributed by atoms with Gasteiger partial charge in [0.05, 0.1) is 6.04 Å². The molecule has 1 amide bonds. The third kappa shape index (κ3) is 6.00. The van der Waals surface area contributed by atoms with Gasteiger partial charge in [-0.05, 0) is 31.6 Å². The average molecular weight is 244 g/mol. The molecule has 5 heteroatoms. The molecule has 1 fully saturated rings. The lowest BCUT2D eigenvalue weighted by Crippen LogP contribution is -2.43. The van der Waals surface area contributed by atoms with Crippen LogP contribution >= 0.6 is 0 Å². The number of carbonyl (C=O) groups excluding carboxylic acids is 1. The standard InChI is InChI=1S/C12H24N2O3/c1-16-6-2-3-11(13)12(15)14-9-10-4-7-17-8-5-10/h10-11H,2-9,13H2,1H3,(H,14,15). The first-order valence-electron chi connectivity index (χ1n) is 6.34. The van der Waals surface area contributed by atoms with Crippen LogP contribution in [0.4, 0.5) is 0 Å². The summed E-state index contributed by atoms with van der Waals surface area (Å²) in [6, 6.07) is -0.412. The zero-order chi connectivity index (χ0) is 12.5. The van der Waals surface area contributed by atoms with Gasteiger partial charge in [0.2, 0.25) is 5.91 Å². The fraction of sp³-hybridized carbons (Fsp3) is 0.917. The van der Waals surface area contributed by atoms with Crippen molar-refractivity contribution in [3.8, 4) is 0 Å². The van der Waals surface area contributed by atoms with Crippen LogP contribution in [0, 0.1) is 5.92 Å². The molecule has 1 unspecified atom stereocenters. The van der Waals surface area contributed by atoms with Gasteiger partial charge in [0.15, 0.2) is 0 Å². The van der Waals surface area contributed by atoms with E-state index in [1.807, 2.05) is 0 Å². The quantitative estimate of drug-likeness (QED) is 0.631. The number of ether oxygens (including phenoxy) is 2. The highest BCUT2D eigenvalue weighted by Crippen LogP contribution is 2.13. The lowest BCUT2D eigenvalue weighted by molar-refractivity contribution is -0.122. The third-order valence-electron chi connectivity index (χ3n) is 3.11. The Morgan fingerprint density at radius 3 is 2.88 bits per heavy atom. The summed E-state index contributed by atoms with van der Waals surface area (Å²) in [6.45, 7) is 2.99. The number of methoxy groups -OCH3 is 1. The Morgan fingerprint density at radius 1 is 1.53 bits per heavy atom. The molecule has 0 aliphatic carbocycles. The maximum atomic E-state index is 11.7. The number of hydrogen-bond acceptors (Lipinski definition) is 4. The minimum Gasteiger partial charge on any atom is -0.385 e. The number of amides is 1. The Kier molecular flexibility index (Phi) is 7.16. The molecule has 1 saturated heterocycles. The largest absolute Gasteiger partial charge is 0.385 e. The predicted molar refractivity (Wildman–Crippen MR) is 65.6 cm³/mol. The molecule has 3 N–H and O–H groups in total. The van der Waals surface area contributed by atoms with E-state index in [9.17, 15) is 4.79 Å². The van der Waals surface area contributed by atoms with Gasteiger partial charge in [0.1, 0.15) is 0 Å². The Bertz CT molecular complexity index is 218. The van der Waals surface area contributed by atoms with Crippen molar-refractivity contribution >= 4 is 5.91 Å². The molecule has 1 aliphatic rings. The number of carbonyl (C=O) groups is 1. The van der Waals surface area contributed by atoms with Crippen LogP contribution in [0.1, 0.15) is 25.7 Å². The molecule has 5 nitrogen and oxygen atoms in total. The maximum absolute atomic E-state index is 11.7. The van der Waals surface area contributed by atoms with Crippen LogP contribution in [0.25, 0.3) is 0 Å². The highest BCUT2D eigenvalue weighted by molar-refractivity contribution is 5.81. The van der Waals surface area contributed by atoms with E-state index in [1.54, 1.807) is 7.11 Å². The minimum atomic E-state index is -0.412. The zero-order valence-corrected chi connectivity index (χ0v) is 10.6. The fourth-order valence-electron chi connectivity index (χ4n) is 1.91. The van der Waals surface area contributed by atoms with Crippen molar-refractivity contribution < 1.29 is 14.3 Å². The van der Waals surface area contributed by atoms with Crippen LogP contribution in [-0.2, 0) is 14.3 Å². The molecule has 17 heavy (non-hydrogen) atoms. The number of hydrogen-bond donors (Lipinski definition) is 2.